The first-order chi connectivity index (χ1) is 12.0. The predicted octanol–water partition coefficient (Wildman–Crippen LogP) is 4.23. The monoisotopic (exact) mass is 336 g/mol. The van der Waals surface area contributed by atoms with Crippen molar-refractivity contribution in [3.63, 3.8) is 0 Å². The van der Waals surface area contributed by atoms with Crippen LogP contribution in [0.1, 0.15) is 21.7 Å². The number of amides is 1. The minimum atomic E-state index is -0.379. The van der Waals surface area contributed by atoms with E-state index in [2.05, 4.69) is 20.6 Å². The molecule has 126 valence electrons. The lowest BCUT2D eigenvalue weighted by molar-refractivity contribution is 0.102. The van der Waals surface area contributed by atoms with Crippen LogP contribution >= 0.6 is 0 Å². The van der Waals surface area contributed by atoms with Gasteiger partial charge in [-0.25, -0.2) is 14.4 Å². The molecule has 1 aromatic heterocycles. The van der Waals surface area contributed by atoms with Crippen molar-refractivity contribution in [3.05, 3.63) is 77.4 Å². The van der Waals surface area contributed by atoms with Crippen LogP contribution in [0.3, 0.4) is 0 Å². The highest BCUT2D eigenvalue weighted by molar-refractivity contribution is 6.04. The maximum absolute atomic E-state index is 12.9. The van der Waals surface area contributed by atoms with Gasteiger partial charge in [0.25, 0.3) is 5.91 Å². The third kappa shape index (κ3) is 4.38. The number of hydrogen-bond acceptors (Lipinski definition) is 4. The van der Waals surface area contributed by atoms with E-state index in [1.54, 1.807) is 12.1 Å². The van der Waals surface area contributed by atoms with Gasteiger partial charge in [-0.3, -0.25) is 4.79 Å². The highest BCUT2D eigenvalue weighted by atomic mass is 19.1. The number of carbonyl (C=O) groups excluding carboxylic acids is 1. The summed E-state index contributed by atoms with van der Waals surface area (Å²) in [7, 11) is 0. The minimum absolute atomic E-state index is 0.306. The Labute approximate surface area is 145 Å². The van der Waals surface area contributed by atoms with Crippen molar-refractivity contribution >= 4 is 23.2 Å². The van der Waals surface area contributed by atoms with Crippen molar-refractivity contribution < 1.29 is 9.18 Å². The van der Waals surface area contributed by atoms with Crippen molar-refractivity contribution in [3.8, 4) is 0 Å². The predicted molar refractivity (Wildman–Crippen MR) is 95.6 cm³/mol. The van der Waals surface area contributed by atoms with Crippen LogP contribution in [-0.2, 0) is 0 Å². The summed E-state index contributed by atoms with van der Waals surface area (Å²) in [6, 6.07) is 14.5. The summed E-state index contributed by atoms with van der Waals surface area (Å²) in [6.07, 6.45) is 0. The highest BCUT2D eigenvalue weighted by Gasteiger charge is 2.07. The summed E-state index contributed by atoms with van der Waals surface area (Å²) in [5, 5.41) is 5.91. The second-order valence-electron chi connectivity index (χ2n) is 5.64. The van der Waals surface area contributed by atoms with Crippen LogP contribution in [0.5, 0.6) is 0 Å². The van der Waals surface area contributed by atoms with Gasteiger partial charge in [-0.2, -0.15) is 0 Å². The third-order valence-corrected chi connectivity index (χ3v) is 3.47. The molecule has 0 aliphatic rings. The average molecular weight is 336 g/mol. The third-order valence-electron chi connectivity index (χ3n) is 3.47. The highest BCUT2D eigenvalue weighted by Crippen LogP contribution is 2.19. The molecule has 0 aliphatic carbocycles. The molecule has 1 heterocycles. The van der Waals surface area contributed by atoms with E-state index < -0.39 is 0 Å². The Balaban J connectivity index is 1.74. The van der Waals surface area contributed by atoms with Gasteiger partial charge in [-0.1, -0.05) is 6.07 Å². The van der Waals surface area contributed by atoms with E-state index in [1.807, 2.05) is 32.0 Å². The molecule has 0 spiro atoms. The van der Waals surface area contributed by atoms with Crippen molar-refractivity contribution in [2.45, 2.75) is 13.8 Å². The number of carbonyl (C=O) groups is 1. The fourth-order valence-corrected chi connectivity index (χ4v) is 2.39. The second kappa shape index (κ2) is 7.09. The SMILES string of the molecule is Cc1cc(C)nc(Nc2cccc(NC(=O)c3ccc(F)cc3)c2)n1. The molecule has 1 amide bonds. The molecule has 2 aromatic carbocycles. The molecule has 25 heavy (non-hydrogen) atoms. The fourth-order valence-electron chi connectivity index (χ4n) is 2.39. The largest absolute Gasteiger partial charge is 0.324 e. The fraction of sp³-hybridized carbons (Fsp3) is 0.105. The number of nitrogens with zero attached hydrogens (tertiary/aromatic N) is 2. The average Bonchev–Trinajstić information content (AvgIpc) is 2.54. The summed E-state index contributed by atoms with van der Waals surface area (Å²) >= 11 is 0. The molecule has 0 aliphatic heterocycles. The van der Waals surface area contributed by atoms with Crippen molar-refractivity contribution in [2.75, 3.05) is 10.6 Å². The number of aryl methyl sites for hydroxylation is 2. The Morgan fingerprint density at radius 3 is 2.24 bits per heavy atom. The Morgan fingerprint density at radius 2 is 1.56 bits per heavy atom. The smallest absolute Gasteiger partial charge is 0.255 e. The lowest BCUT2D eigenvalue weighted by Gasteiger charge is -2.09. The van der Waals surface area contributed by atoms with E-state index in [9.17, 15) is 9.18 Å². The van der Waals surface area contributed by atoms with Gasteiger partial charge in [0, 0.05) is 28.3 Å². The van der Waals surface area contributed by atoms with Crippen molar-refractivity contribution in [2.24, 2.45) is 0 Å². The van der Waals surface area contributed by atoms with Gasteiger partial charge in [0.15, 0.2) is 0 Å². The summed E-state index contributed by atoms with van der Waals surface area (Å²) in [6.45, 7) is 3.80. The first kappa shape index (κ1) is 16.6. The molecule has 0 bridgehead atoms. The second-order valence-corrected chi connectivity index (χ2v) is 5.64. The van der Waals surface area contributed by atoms with Crippen molar-refractivity contribution in [1.29, 1.82) is 0 Å². The van der Waals surface area contributed by atoms with Crippen LogP contribution in [0.2, 0.25) is 0 Å². The lowest BCUT2D eigenvalue weighted by atomic mass is 10.2. The molecule has 0 fully saturated rings. The normalized spacial score (nSPS) is 10.4. The van der Waals surface area contributed by atoms with Crippen LogP contribution < -0.4 is 10.6 Å². The molecule has 6 heteroatoms. The Morgan fingerprint density at radius 1 is 0.920 bits per heavy atom. The molecule has 0 radical (unpaired) electrons. The molecule has 0 saturated carbocycles. The molecule has 2 N–H and O–H groups in total. The van der Waals surface area contributed by atoms with Gasteiger partial charge in [-0.15, -0.1) is 0 Å². The number of aromatic nitrogens is 2. The standard InChI is InChI=1S/C19H17FN4O/c1-12-10-13(2)22-19(21-12)24-17-5-3-4-16(11-17)23-18(25)14-6-8-15(20)9-7-14/h3-11H,1-2H3,(H,23,25)(H,21,22,24). The van der Waals surface area contributed by atoms with Gasteiger partial charge in [0.1, 0.15) is 5.82 Å². The van der Waals surface area contributed by atoms with Crippen molar-refractivity contribution in [1.82, 2.24) is 9.97 Å². The van der Waals surface area contributed by atoms with Crippen LogP contribution in [0.4, 0.5) is 21.7 Å². The quantitative estimate of drug-likeness (QED) is 0.748. The van der Waals surface area contributed by atoms with Crippen LogP contribution in [0.15, 0.2) is 54.6 Å². The summed E-state index contributed by atoms with van der Waals surface area (Å²) in [5.41, 5.74) is 3.49. The van der Waals surface area contributed by atoms with E-state index in [4.69, 9.17) is 0 Å². The zero-order valence-corrected chi connectivity index (χ0v) is 13.9. The zero-order chi connectivity index (χ0) is 17.8. The summed E-state index contributed by atoms with van der Waals surface area (Å²) in [5.74, 6) is -0.185. The van der Waals surface area contributed by atoms with E-state index in [1.165, 1.54) is 24.3 Å². The first-order valence-electron chi connectivity index (χ1n) is 7.76. The lowest BCUT2D eigenvalue weighted by Crippen LogP contribution is -2.12. The zero-order valence-electron chi connectivity index (χ0n) is 13.9. The number of rotatable bonds is 4. The molecule has 0 saturated heterocycles. The number of benzene rings is 2. The Bertz CT molecular complexity index is 889. The Hall–Kier alpha value is -3.28. The number of halogens is 1. The molecule has 3 rings (SSSR count). The summed E-state index contributed by atoms with van der Waals surface area (Å²) < 4.78 is 12.9. The minimum Gasteiger partial charge on any atom is -0.324 e. The van der Waals surface area contributed by atoms with Gasteiger partial charge < -0.3 is 10.6 Å². The molecular formula is C19H17FN4O. The van der Waals surface area contributed by atoms with Crippen LogP contribution in [-0.4, -0.2) is 15.9 Å². The first-order valence-corrected chi connectivity index (χ1v) is 7.76. The summed E-state index contributed by atoms with van der Waals surface area (Å²) in [4.78, 5) is 20.9. The maximum atomic E-state index is 12.9. The number of anilines is 3. The van der Waals surface area contributed by atoms with E-state index in [0.29, 0.717) is 17.2 Å². The van der Waals surface area contributed by atoms with Gasteiger partial charge in [0.2, 0.25) is 5.95 Å². The van der Waals surface area contributed by atoms with E-state index in [0.717, 1.165) is 17.1 Å². The van der Waals surface area contributed by atoms with Gasteiger partial charge in [0.05, 0.1) is 0 Å². The molecule has 5 nitrogen and oxygen atoms in total. The van der Waals surface area contributed by atoms with Gasteiger partial charge >= 0.3 is 0 Å². The topological polar surface area (TPSA) is 66.9 Å². The molecule has 3 aromatic rings. The van der Waals surface area contributed by atoms with E-state index >= 15 is 0 Å². The number of nitrogens with one attached hydrogen (secondary N) is 2. The van der Waals surface area contributed by atoms with Crippen LogP contribution in [0.25, 0.3) is 0 Å². The van der Waals surface area contributed by atoms with Crippen LogP contribution in [0, 0.1) is 19.7 Å². The Kier molecular flexibility index (Phi) is 4.70. The molecule has 0 atom stereocenters. The number of hydrogen-bond donors (Lipinski definition) is 2. The van der Waals surface area contributed by atoms with Gasteiger partial charge in [-0.05, 0) is 62.4 Å². The van der Waals surface area contributed by atoms with E-state index in [-0.39, 0.29) is 11.7 Å². The molecule has 0 unspecified atom stereocenters. The molecular weight excluding hydrogens is 319 g/mol. The maximum Gasteiger partial charge on any atom is 0.255 e.